The number of nitrogens with zero attached hydrogens (tertiary/aromatic N) is 1. The quantitative estimate of drug-likeness (QED) is 0.611. The molecule has 0 radical (unpaired) electrons. The number of para-hydroxylation sites is 1. The SMILES string of the molecule is Cc1cccc2c1N=COC2C=O. The highest BCUT2D eigenvalue weighted by Gasteiger charge is 2.18. The van der Waals surface area contributed by atoms with Crippen LogP contribution in [0.5, 0.6) is 0 Å². The van der Waals surface area contributed by atoms with Crippen LogP contribution >= 0.6 is 0 Å². The van der Waals surface area contributed by atoms with E-state index in [2.05, 4.69) is 4.99 Å². The lowest BCUT2D eigenvalue weighted by Gasteiger charge is -2.17. The van der Waals surface area contributed by atoms with Crippen LogP contribution in [0.1, 0.15) is 17.2 Å². The normalized spacial score (nSPS) is 19.0. The van der Waals surface area contributed by atoms with Gasteiger partial charge in [-0.2, -0.15) is 0 Å². The largest absolute Gasteiger partial charge is 0.468 e. The standard InChI is InChI=1S/C10H9NO2/c1-7-3-2-4-8-9(5-12)13-6-11-10(7)8/h2-6,9H,1H3. The van der Waals surface area contributed by atoms with Gasteiger partial charge in [0.05, 0.1) is 5.69 Å². The predicted octanol–water partition coefficient (Wildman–Crippen LogP) is 1.93. The van der Waals surface area contributed by atoms with Gasteiger partial charge >= 0.3 is 0 Å². The van der Waals surface area contributed by atoms with Crippen molar-refractivity contribution in [3.05, 3.63) is 29.3 Å². The zero-order valence-corrected chi connectivity index (χ0v) is 7.23. The van der Waals surface area contributed by atoms with Crippen LogP contribution in [0.2, 0.25) is 0 Å². The van der Waals surface area contributed by atoms with Crippen molar-refractivity contribution < 1.29 is 9.53 Å². The third-order valence-corrected chi connectivity index (χ3v) is 2.09. The van der Waals surface area contributed by atoms with E-state index in [0.29, 0.717) is 0 Å². The number of rotatable bonds is 1. The Morgan fingerprint density at radius 3 is 3.15 bits per heavy atom. The maximum Gasteiger partial charge on any atom is 0.182 e. The first kappa shape index (κ1) is 7.98. The van der Waals surface area contributed by atoms with Crippen molar-refractivity contribution in [2.75, 3.05) is 0 Å². The van der Waals surface area contributed by atoms with Crippen LogP contribution in [0.15, 0.2) is 23.2 Å². The van der Waals surface area contributed by atoms with Gasteiger partial charge in [0.1, 0.15) is 0 Å². The van der Waals surface area contributed by atoms with Gasteiger partial charge in [0.15, 0.2) is 18.8 Å². The molecule has 0 bridgehead atoms. The Kier molecular flexibility index (Phi) is 1.85. The molecule has 0 aliphatic carbocycles. The fourth-order valence-corrected chi connectivity index (χ4v) is 1.41. The lowest BCUT2D eigenvalue weighted by atomic mass is 10.0. The van der Waals surface area contributed by atoms with Crippen molar-refractivity contribution in [3.63, 3.8) is 0 Å². The molecule has 0 aromatic heterocycles. The molecule has 1 aromatic rings. The van der Waals surface area contributed by atoms with Gasteiger partial charge < -0.3 is 4.74 Å². The van der Waals surface area contributed by atoms with Crippen molar-refractivity contribution in [2.45, 2.75) is 13.0 Å². The molecule has 66 valence electrons. The fraction of sp³-hybridized carbons (Fsp3) is 0.200. The van der Waals surface area contributed by atoms with E-state index in [9.17, 15) is 4.79 Å². The topological polar surface area (TPSA) is 38.7 Å². The second kappa shape index (κ2) is 3.01. The number of carbonyl (C=O) groups is 1. The predicted molar refractivity (Wildman–Crippen MR) is 49.2 cm³/mol. The summed E-state index contributed by atoms with van der Waals surface area (Å²) in [6, 6.07) is 5.72. The maximum atomic E-state index is 10.6. The van der Waals surface area contributed by atoms with Gasteiger partial charge in [-0.3, -0.25) is 4.79 Å². The number of aldehydes is 1. The van der Waals surface area contributed by atoms with Gasteiger partial charge in [0, 0.05) is 5.56 Å². The van der Waals surface area contributed by atoms with Crippen LogP contribution in [0, 0.1) is 6.92 Å². The number of ether oxygens (including phenoxy) is 1. The zero-order chi connectivity index (χ0) is 9.26. The summed E-state index contributed by atoms with van der Waals surface area (Å²) in [5, 5.41) is 0. The van der Waals surface area contributed by atoms with E-state index in [1.807, 2.05) is 25.1 Å². The Labute approximate surface area is 76.1 Å². The molecule has 2 rings (SSSR count). The Hall–Kier alpha value is -1.64. The maximum absolute atomic E-state index is 10.6. The van der Waals surface area contributed by atoms with Crippen LogP contribution in [0.3, 0.4) is 0 Å². The van der Waals surface area contributed by atoms with Crippen LogP contribution in [-0.2, 0) is 9.53 Å². The molecule has 1 aliphatic rings. The molecule has 0 fully saturated rings. The number of fused-ring (bicyclic) bond motifs is 1. The van der Waals surface area contributed by atoms with Gasteiger partial charge in [-0.1, -0.05) is 18.2 Å². The summed E-state index contributed by atoms with van der Waals surface area (Å²) >= 11 is 0. The van der Waals surface area contributed by atoms with Crippen LogP contribution in [0.4, 0.5) is 5.69 Å². The van der Waals surface area contributed by atoms with Crippen molar-refractivity contribution in [2.24, 2.45) is 4.99 Å². The minimum atomic E-state index is -0.493. The van der Waals surface area contributed by atoms with E-state index in [1.54, 1.807) is 0 Å². The Bertz CT molecular complexity index is 371. The first-order valence-electron chi connectivity index (χ1n) is 4.05. The van der Waals surface area contributed by atoms with Gasteiger partial charge in [-0.05, 0) is 12.5 Å². The molecule has 1 atom stereocenters. The van der Waals surface area contributed by atoms with Gasteiger partial charge in [0.2, 0.25) is 0 Å². The molecule has 1 unspecified atom stereocenters. The monoisotopic (exact) mass is 175 g/mol. The molecule has 0 saturated heterocycles. The summed E-state index contributed by atoms with van der Waals surface area (Å²) in [5.74, 6) is 0. The van der Waals surface area contributed by atoms with E-state index < -0.39 is 6.10 Å². The summed E-state index contributed by atoms with van der Waals surface area (Å²) in [7, 11) is 0. The van der Waals surface area contributed by atoms with Gasteiger partial charge in [-0.25, -0.2) is 4.99 Å². The van der Waals surface area contributed by atoms with Crippen molar-refractivity contribution >= 4 is 18.4 Å². The number of hydrogen-bond acceptors (Lipinski definition) is 3. The first-order valence-corrected chi connectivity index (χ1v) is 4.05. The van der Waals surface area contributed by atoms with Gasteiger partial charge in [0.25, 0.3) is 0 Å². The summed E-state index contributed by atoms with van der Waals surface area (Å²) in [6.45, 7) is 1.96. The summed E-state index contributed by atoms with van der Waals surface area (Å²) < 4.78 is 5.05. The van der Waals surface area contributed by atoms with Crippen LogP contribution in [-0.4, -0.2) is 12.7 Å². The third kappa shape index (κ3) is 1.22. The average molecular weight is 175 g/mol. The van der Waals surface area contributed by atoms with Crippen molar-refractivity contribution in [1.29, 1.82) is 0 Å². The highest BCUT2D eigenvalue weighted by molar-refractivity contribution is 5.74. The summed E-state index contributed by atoms with van der Waals surface area (Å²) in [4.78, 5) is 14.7. The van der Waals surface area contributed by atoms with Gasteiger partial charge in [-0.15, -0.1) is 0 Å². The smallest absolute Gasteiger partial charge is 0.182 e. The van der Waals surface area contributed by atoms with E-state index in [1.165, 1.54) is 6.40 Å². The van der Waals surface area contributed by atoms with E-state index in [4.69, 9.17) is 4.74 Å². The molecule has 0 amide bonds. The molecular formula is C10H9NO2. The Balaban J connectivity index is 2.59. The molecule has 0 spiro atoms. The molecule has 1 aromatic carbocycles. The zero-order valence-electron chi connectivity index (χ0n) is 7.23. The Morgan fingerprint density at radius 2 is 2.38 bits per heavy atom. The number of aryl methyl sites for hydroxylation is 1. The minimum Gasteiger partial charge on any atom is -0.468 e. The molecule has 13 heavy (non-hydrogen) atoms. The number of aliphatic imine (C=N–C) groups is 1. The lowest BCUT2D eigenvalue weighted by Crippen LogP contribution is -2.08. The second-order valence-electron chi connectivity index (χ2n) is 2.94. The first-order chi connectivity index (χ1) is 6.33. The molecule has 1 aliphatic heterocycles. The fourth-order valence-electron chi connectivity index (χ4n) is 1.41. The van der Waals surface area contributed by atoms with Crippen molar-refractivity contribution in [1.82, 2.24) is 0 Å². The van der Waals surface area contributed by atoms with E-state index >= 15 is 0 Å². The number of hydrogen-bond donors (Lipinski definition) is 0. The third-order valence-electron chi connectivity index (χ3n) is 2.09. The summed E-state index contributed by atoms with van der Waals surface area (Å²) in [6.07, 6.45) is 1.62. The van der Waals surface area contributed by atoms with Crippen LogP contribution in [0.25, 0.3) is 0 Å². The highest BCUT2D eigenvalue weighted by atomic mass is 16.5. The molecule has 1 heterocycles. The molecule has 0 N–H and O–H groups in total. The van der Waals surface area contributed by atoms with E-state index in [-0.39, 0.29) is 0 Å². The van der Waals surface area contributed by atoms with E-state index in [0.717, 1.165) is 23.1 Å². The lowest BCUT2D eigenvalue weighted by molar-refractivity contribution is -0.114. The minimum absolute atomic E-state index is 0.493. The Morgan fingerprint density at radius 1 is 1.54 bits per heavy atom. The molecular weight excluding hydrogens is 166 g/mol. The molecule has 0 saturated carbocycles. The van der Waals surface area contributed by atoms with Crippen molar-refractivity contribution in [3.8, 4) is 0 Å². The second-order valence-corrected chi connectivity index (χ2v) is 2.94. The molecule has 3 nitrogen and oxygen atoms in total. The van der Waals surface area contributed by atoms with Crippen LogP contribution < -0.4 is 0 Å². The summed E-state index contributed by atoms with van der Waals surface area (Å²) in [5.41, 5.74) is 2.76. The highest BCUT2D eigenvalue weighted by Crippen LogP contribution is 2.32. The number of carbonyl (C=O) groups excluding carboxylic acids is 1. The average Bonchev–Trinajstić information content (AvgIpc) is 2.18. The number of benzene rings is 1. The molecule has 3 heteroatoms.